The van der Waals surface area contributed by atoms with Crippen molar-refractivity contribution in [3.8, 4) is 17.2 Å². The van der Waals surface area contributed by atoms with E-state index in [0.29, 0.717) is 5.75 Å². The smallest absolute Gasteiger partial charge is 0.342 e. The van der Waals surface area contributed by atoms with Crippen LogP contribution in [-0.4, -0.2) is 17.9 Å². The Kier molecular flexibility index (Phi) is 6.56. The monoisotopic (exact) mass is 460 g/mol. The molecule has 0 aliphatic heterocycles. The van der Waals surface area contributed by atoms with Crippen molar-refractivity contribution in [1.82, 2.24) is 0 Å². The Hall–Kier alpha value is -3.47. The summed E-state index contributed by atoms with van der Waals surface area (Å²) in [4.78, 5) is 12.3. The Morgan fingerprint density at radius 1 is 0.824 bits per heavy atom. The van der Waals surface area contributed by atoms with E-state index in [1.807, 2.05) is 36.4 Å². The summed E-state index contributed by atoms with van der Waals surface area (Å²) in [5.74, 6) is 0.350. The number of aromatic hydroxyl groups is 1. The van der Waals surface area contributed by atoms with Crippen molar-refractivity contribution in [2.45, 2.75) is 58.0 Å². The second-order valence-corrected chi connectivity index (χ2v) is 10.1. The number of benzene rings is 3. The van der Waals surface area contributed by atoms with Crippen LogP contribution in [0, 0.1) is 0 Å². The van der Waals surface area contributed by atoms with Gasteiger partial charge in [0.25, 0.3) is 0 Å². The van der Waals surface area contributed by atoms with E-state index in [2.05, 4.69) is 39.8 Å². The molecule has 0 unspecified atom stereocenters. The molecule has 178 valence electrons. The number of phenolic OH excluding ortho intramolecular Hbond substituents is 1. The number of fused-ring (bicyclic) bond motifs is 1. The standard InChI is InChI=1S/C29H32O5/c1-28(2)14-15-29(3,4)25-16-21(11-13-24(25)28)33-19-34-22-10-12-23(26(30)17-22)27(31)32-18-20-8-6-5-7-9-20/h5-13,16-17,30H,14-15,18-19H2,1-4H3. The molecule has 0 fully saturated rings. The van der Waals surface area contributed by atoms with Crippen LogP contribution < -0.4 is 9.47 Å². The Bertz CT molecular complexity index is 1160. The van der Waals surface area contributed by atoms with E-state index in [1.54, 1.807) is 6.07 Å². The second-order valence-electron chi connectivity index (χ2n) is 10.1. The number of ether oxygens (including phenoxy) is 3. The van der Waals surface area contributed by atoms with Crippen LogP contribution in [0.5, 0.6) is 17.2 Å². The minimum Gasteiger partial charge on any atom is -0.507 e. The fourth-order valence-corrected chi connectivity index (χ4v) is 4.40. The molecule has 0 spiro atoms. The van der Waals surface area contributed by atoms with Crippen molar-refractivity contribution in [3.05, 3.63) is 89.0 Å². The molecule has 0 radical (unpaired) electrons. The van der Waals surface area contributed by atoms with E-state index in [9.17, 15) is 9.90 Å². The SMILES string of the molecule is CC1(C)CCC(C)(C)c2cc(OCOc3ccc(C(=O)OCc4ccccc4)c(O)c3)ccc21. The lowest BCUT2D eigenvalue weighted by molar-refractivity contribution is 0.0469. The third-order valence-corrected chi connectivity index (χ3v) is 6.68. The first-order valence-corrected chi connectivity index (χ1v) is 11.6. The molecule has 4 rings (SSSR count). The molecule has 1 aliphatic carbocycles. The summed E-state index contributed by atoms with van der Waals surface area (Å²) in [6.07, 6.45) is 2.29. The van der Waals surface area contributed by atoms with Gasteiger partial charge in [-0.2, -0.15) is 0 Å². The van der Waals surface area contributed by atoms with Crippen molar-refractivity contribution in [3.63, 3.8) is 0 Å². The highest BCUT2D eigenvalue weighted by molar-refractivity contribution is 5.92. The molecule has 0 bridgehead atoms. The summed E-state index contributed by atoms with van der Waals surface area (Å²) >= 11 is 0. The van der Waals surface area contributed by atoms with Gasteiger partial charge in [-0.25, -0.2) is 4.79 Å². The van der Waals surface area contributed by atoms with Gasteiger partial charge in [0, 0.05) is 6.07 Å². The van der Waals surface area contributed by atoms with E-state index in [1.165, 1.54) is 23.3 Å². The molecule has 1 aliphatic rings. The van der Waals surface area contributed by atoms with Gasteiger partial charge < -0.3 is 19.3 Å². The van der Waals surface area contributed by atoms with Crippen LogP contribution in [0.2, 0.25) is 0 Å². The lowest BCUT2D eigenvalue weighted by atomic mass is 9.63. The number of carbonyl (C=O) groups excluding carboxylic acids is 1. The fourth-order valence-electron chi connectivity index (χ4n) is 4.40. The summed E-state index contributed by atoms with van der Waals surface area (Å²) < 4.78 is 16.8. The average Bonchev–Trinajstić information content (AvgIpc) is 2.81. The van der Waals surface area contributed by atoms with E-state index in [0.717, 1.165) is 24.2 Å². The van der Waals surface area contributed by atoms with Gasteiger partial charge >= 0.3 is 5.97 Å². The van der Waals surface area contributed by atoms with Gasteiger partial charge in [-0.05, 0) is 64.6 Å². The number of carbonyl (C=O) groups is 1. The number of hydrogen-bond acceptors (Lipinski definition) is 5. The van der Waals surface area contributed by atoms with Gasteiger partial charge in [-0.1, -0.05) is 64.1 Å². The van der Waals surface area contributed by atoms with Crippen LogP contribution in [0.4, 0.5) is 0 Å². The zero-order valence-electron chi connectivity index (χ0n) is 20.3. The van der Waals surface area contributed by atoms with E-state index in [-0.39, 0.29) is 35.5 Å². The first-order chi connectivity index (χ1) is 16.2. The van der Waals surface area contributed by atoms with E-state index < -0.39 is 5.97 Å². The van der Waals surface area contributed by atoms with Crippen LogP contribution in [0.3, 0.4) is 0 Å². The topological polar surface area (TPSA) is 65.0 Å². The summed E-state index contributed by atoms with van der Waals surface area (Å²) in [5, 5.41) is 10.3. The molecule has 3 aromatic rings. The Labute approximate surface area is 201 Å². The van der Waals surface area contributed by atoms with Crippen LogP contribution in [0.25, 0.3) is 0 Å². The predicted octanol–water partition coefficient (Wildman–Crippen LogP) is 6.51. The number of phenols is 1. The highest BCUT2D eigenvalue weighted by Crippen LogP contribution is 2.46. The predicted molar refractivity (Wildman–Crippen MR) is 132 cm³/mol. The maximum atomic E-state index is 12.3. The van der Waals surface area contributed by atoms with Crippen molar-refractivity contribution in [1.29, 1.82) is 0 Å². The molecule has 34 heavy (non-hydrogen) atoms. The zero-order chi connectivity index (χ0) is 24.3. The summed E-state index contributed by atoms with van der Waals surface area (Å²) in [6.45, 7) is 9.25. The van der Waals surface area contributed by atoms with E-state index >= 15 is 0 Å². The van der Waals surface area contributed by atoms with Crippen LogP contribution in [0.15, 0.2) is 66.7 Å². The molecular weight excluding hydrogens is 428 g/mol. The molecule has 0 heterocycles. The normalized spacial score (nSPS) is 15.8. The highest BCUT2D eigenvalue weighted by Gasteiger charge is 2.37. The largest absolute Gasteiger partial charge is 0.507 e. The lowest BCUT2D eigenvalue weighted by Gasteiger charge is -2.41. The molecule has 0 saturated heterocycles. The zero-order valence-corrected chi connectivity index (χ0v) is 20.3. The summed E-state index contributed by atoms with van der Waals surface area (Å²) in [6, 6.07) is 20.1. The number of hydrogen-bond donors (Lipinski definition) is 1. The second kappa shape index (κ2) is 9.41. The Morgan fingerprint density at radius 3 is 2.12 bits per heavy atom. The third-order valence-electron chi connectivity index (χ3n) is 6.68. The molecule has 0 aromatic heterocycles. The molecule has 1 N–H and O–H groups in total. The molecule has 5 heteroatoms. The minimum absolute atomic E-state index is 0.0140. The van der Waals surface area contributed by atoms with Gasteiger partial charge in [0.2, 0.25) is 6.79 Å². The molecule has 0 saturated carbocycles. The maximum Gasteiger partial charge on any atom is 0.342 e. The van der Waals surface area contributed by atoms with Crippen LogP contribution >= 0.6 is 0 Å². The Morgan fingerprint density at radius 2 is 1.44 bits per heavy atom. The highest BCUT2D eigenvalue weighted by atomic mass is 16.7. The van der Waals surface area contributed by atoms with Crippen molar-refractivity contribution < 1.29 is 24.1 Å². The van der Waals surface area contributed by atoms with E-state index in [4.69, 9.17) is 14.2 Å². The van der Waals surface area contributed by atoms with Crippen LogP contribution in [0.1, 0.15) is 67.6 Å². The van der Waals surface area contributed by atoms with Crippen molar-refractivity contribution >= 4 is 5.97 Å². The maximum absolute atomic E-state index is 12.3. The third kappa shape index (κ3) is 5.19. The molecule has 0 atom stereocenters. The molecule has 0 amide bonds. The number of esters is 1. The fraction of sp³-hybridized carbons (Fsp3) is 0.345. The first-order valence-electron chi connectivity index (χ1n) is 11.6. The average molecular weight is 461 g/mol. The van der Waals surface area contributed by atoms with Gasteiger partial charge in [0.1, 0.15) is 29.4 Å². The minimum atomic E-state index is -0.594. The molecule has 5 nitrogen and oxygen atoms in total. The first kappa shape index (κ1) is 23.7. The van der Waals surface area contributed by atoms with Gasteiger partial charge in [-0.15, -0.1) is 0 Å². The van der Waals surface area contributed by atoms with Gasteiger partial charge in [0.15, 0.2) is 0 Å². The lowest BCUT2D eigenvalue weighted by Crippen LogP contribution is -2.33. The Balaban J connectivity index is 1.36. The number of rotatable bonds is 7. The van der Waals surface area contributed by atoms with Gasteiger partial charge in [-0.3, -0.25) is 0 Å². The van der Waals surface area contributed by atoms with Gasteiger partial charge in [0.05, 0.1) is 0 Å². The molecule has 3 aromatic carbocycles. The summed E-state index contributed by atoms with van der Waals surface area (Å²) in [5.41, 5.74) is 3.91. The van der Waals surface area contributed by atoms with Crippen molar-refractivity contribution in [2.24, 2.45) is 0 Å². The summed E-state index contributed by atoms with van der Waals surface area (Å²) in [7, 11) is 0. The van der Waals surface area contributed by atoms with Crippen molar-refractivity contribution in [2.75, 3.05) is 6.79 Å². The quantitative estimate of drug-likeness (QED) is 0.321. The molecular formula is C29H32O5. The van der Waals surface area contributed by atoms with Crippen LogP contribution in [-0.2, 0) is 22.2 Å².